The molecular weight excluding hydrogens is 220 g/mol. The Balaban J connectivity index is 2.81. The van der Waals surface area contributed by atoms with Crippen molar-refractivity contribution in [3.8, 4) is 0 Å². The van der Waals surface area contributed by atoms with Gasteiger partial charge in [-0.3, -0.25) is 4.79 Å². The summed E-state index contributed by atoms with van der Waals surface area (Å²) in [5.74, 6) is -4.12. The van der Waals surface area contributed by atoms with Crippen molar-refractivity contribution < 1.29 is 23.5 Å². The van der Waals surface area contributed by atoms with E-state index in [0.29, 0.717) is 12.2 Å². The van der Waals surface area contributed by atoms with Gasteiger partial charge in [0.15, 0.2) is 0 Å². The Labute approximate surface area is 89.2 Å². The minimum Gasteiger partial charge on any atom is -0.478 e. The molecule has 84 valence electrons. The van der Waals surface area contributed by atoms with Crippen molar-refractivity contribution >= 4 is 17.6 Å². The average Bonchev–Trinajstić information content (AvgIpc) is 2.21. The summed E-state index contributed by atoms with van der Waals surface area (Å²) in [6.07, 6.45) is 1.22. The van der Waals surface area contributed by atoms with Crippen molar-refractivity contribution in [2.24, 2.45) is 0 Å². The molecule has 6 heteroatoms. The number of nitrogens with one attached hydrogen (secondary N) is 1. The van der Waals surface area contributed by atoms with Gasteiger partial charge in [0.2, 0.25) is 5.91 Å². The topological polar surface area (TPSA) is 66.4 Å². The summed E-state index contributed by atoms with van der Waals surface area (Å²) in [5.41, 5.74) is -0.609. The smallest absolute Gasteiger partial charge is 0.328 e. The van der Waals surface area contributed by atoms with Crippen molar-refractivity contribution in [1.29, 1.82) is 0 Å². The molecule has 1 rings (SSSR count). The van der Waals surface area contributed by atoms with Crippen molar-refractivity contribution in [1.82, 2.24) is 0 Å². The van der Waals surface area contributed by atoms with E-state index in [1.54, 1.807) is 0 Å². The number of benzene rings is 1. The molecule has 0 aliphatic rings. The second-order valence-electron chi connectivity index (χ2n) is 2.76. The van der Waals surface area contributed by atoms with Crippen LogP contribution >= 0.6 is 0 Å². The number of para-hydroxylation sites is 1. The number of rotatable bonds is 3. The number of carboxylic acid groups (broad SMARTS) is 1. The van der Waals surface area contributed by atoms with Gasteiger partial charge in [-0.2, -0.15) is 0 Å². The average molecular weight is 227 g/mol. The highest BCUT2D eigenvalue weighted by molar-refractivity contribution is 6.02. The highest BCUT2D eigenvalue weighted by Crippen LogP contribution is 2.17. The molecule has 0 unspecified atom stereocenters. The van der Waals surface area contributed by atoms with Crippen LogP contribution < -0.4 is 5.32 Å². The Kier molecular flexibility index (Phi) is 3.71. The zero-order valence-corrected chi connectivity index (χ0v) is 7.91. The lowest BCUT2D eigenvalue weighted by molar-refractivity contribution is -0.131. The molecule has 2 N–H and O–H groups in total. The monoisotopic (exact) mass is 227 g/mol. The SMILES string of the molecule is O=C(O)/C=C/C(=O)Nc1c(F)cccc1F. The Morgan fingerprint density at radius 1 is 1.19 bits per heavy atom. The third kappa shape index (κ3) is 3.16. The van der Waals surface area contributed by atoms with Crippen LogP contribution in [0, 0.1) is 11.6 Å². The van der Waals surface area contributed by atoms with Crippen LogP contribution in [0.2, 0.25) is 0 Å². The standard InChI is InChI=1S/C10H7F2NO3/c11-6-2-1-3-7(12)10(6)13-8(14)4-5-9(15)16/h1-5H,(H,13,14)(H,15,16)/b5-4+. The summed E-state index contributed by atoms with van der Waals surface area (Å²) in [4.78, 5) is 21.1. The van der Waals surface area contributed by atoms with Gasteiger partial charge in [0, 0.05) is 12.2 Å². The maximum atomic E-state index is 13.0. The summed E-state index contributed by atoms with van der Waals surface area (Å²) < 4.78 is 26.0. The summed E-state index contributed by atoms with van der Waals surface area (Å²) in [6, 6.07) is 3.09. The Bertz CT molecular complexity index is 437. The molecule has 0 bridgehead atoms. The first kappa shape index (κ1) is 11.8. The lowest BCUT2D eigenvalue weighted by Gasteiger charge is -2.04. The van der Waals surface area contributed by atoms with E-state index in [1.165, 1.54) is 0 Å². The van der Waals surface area contributed by atoms with Crippen LogP contribution in [0.15, 0.2) is 30.4 Å². The van der Waals surface area contributed by atoms with E-state index in [2.05, 4.69) is 0 Å². The van der Waals surface area contributed by atoms with Crippen molar-refractivity contribution in [3.05, 3.63) is 42.0 Å². The third-order valence-electron chi connectivity index (χ3n) is 1.59. The molecule has 0 spiro atoms. The lowest BCUT2D eigenvalue weighted by Crippen LogP contribution is -2.11. The number of carbonyl (C=O) groups excluding carboxylic acids is 1. The van der Waals surface area contributed by atoms with Crippen LogP contribution in [0.3, 0.4) is 0 Å². The van der Waals surface area contributed by atoms with E-state index in [-0.39, 0.29) is 0 Å². The van der Waals surface area contributed by atoms with Gasteiger partial charge in [0.25, 0.3) is 0 Å². The fourth-order valence-electron chi connectivity index (χ4n) is 0.929. The van der Waals surface area contributed by atoms with E-state index in [4.69, 9.17) is 5.11 Å². The molecule has 0 aliphatic heterocycles. The summed E-state index contributed by atoms with van der Waals surface area (Å²) in [6.45, 7) is 0. The molecule has 0 saturated carbocycles. The third-order valence-corrected chi connectivity index (χ3v) is 1.59. The molecule has 16 heavy (non-hydrogen) atoms. The normalized spacial score (nSPS) is 10.4. The summed E-state index contributed by atoms with van der Waals surface area (Å²) in [7, 11) is 0. The van der Waals surface area contributed by atoms with E-state index >= 15 is 0 Å². The highest BCUT2D eigenvalue weighted by atomic mass is 19.1. The Morgan fingerprint density at radius 2 is 1.75 bits per heavy atom. The summed E-state index contributed by atoms with van der Waals surface area (Å²) >= 11 is 0. The fraction of sp³-hybridized carbons (Fsp3) is 0. The second kappa shape index (κ2) is 5.01. The van der Waals surface area contributed by atoms with Crippen LogP contribution in [-0.2, 0) is 9.59 Å². The molecule has 0 aliphatic carbocycles. The van der Waals surface area contributed by atoms with E-state index in [0.717, 1.165) is 18.2 Å². The molecule has 0 atom stereocenters. The van der Waals surface area contributed by atoms with Crippen LogP contribution in [0.5, 0.6) is 0 Å². The number of amides is 1. The largest absolute Gasteiger partial charge is 0.478 e. The molecule has 1 aromatic rings. The van der Waals surface area contributed by atoms with Crippen molar-refractivity contribution in [2.75, 3.05) is 5.32 Å². The predicted octanol–water partition coefficient (Wildman–Crippen LogP) is 1.54. The van der Waals surface area contributed by atoms with Gasteiger partial charge in [0.05, 0.1) is 0 Å². The first-order chi connectivity index (χ1) is 7.50. The number of anilines is 1. The van der Waals surface area contributed by atoms with Gasteiger partial charge in [-0.1, -0.05) is 6.07 Å². The summed E-state index contributed by atoms with van der Waals surface area (Å²) in [5, 5.41) is 10.1. The van der Waals surface area contributed by atoms with Gasteiger partial charge >= 0.3 is 5.97 Å². The van der Waals surface area contributed by atoms with Gasteiger partial charge in [-0.15, -0.1) is 0 Å². The molecule has 1 amide bonds. The molecule has 0 radical (unpaired) electrons. The minimum absolute atomic E-state index is 0.564. The van der Waals surface area contributed by atoms with Gasteiger partial charge in [0.1, 0.15) is 17.3 Å². The predicted molar refractivity (Wildman–Crippen MR) is 51.8 cm³/mol. The molecule has 0 fully saturated rings. The number of carboxylic acids is 1. The highest BCUT2D eigenvalue weighted by Gasteiger charge is 2.09. The number of carbonyl (C=O) groups is 2. The van der Waals surface area contributed by atoms with Gasteiger partial charge < -0.3 is 10.4 Å². The van der Waals surface area contributed by atoms with E-state index in [1.807, 2.05) is 5.32 Å². The van der Waals surface area contributed by atoms with Crippen LogP contribution in [0.1, 0.15) is 0 Å². The molecule has 0 saturated heterocycles. The number of halogens is 2. The van der Waals surface area contributed by atoms with Crippen LogP contribution in [0.25, 0.3) is 0 Å². The Hall–Kier alpha value is -2.24. The maximum absolute atomic E-state index is 13.0. The van der Waals surface area contributed by atoms with Crippen molar-refractivity contribution in [2.45, 2.75) is 0 Å². The molecule has 0 heterocycles. The van der Waals surface area contributed by atoms with E-state index in [9.17, 15) is 18.4 Å². The number of aliphatic carboxylic acids is 1. The molecule has 4 nitrogen and oxygen atoms in total. The second-order valence-corrected chi connectivity index (χ2v) is 2.76. The zero-order chi connectivity index (χ0) is 12.1. The Morgan fingerprint density at radius 3 is 2.25 bits per heavy atom. The van der Waals surface area contributed by atoms with Crippen LogP contribution in [0.4, 0.5) is 14.5 Å². The lowest BCUT2D eigenvalue weighted by atomic mass is 10.3. The molecule has 0 aromatic heterocycles. The fourth-order valence-corrected chi connectivity index (χ4v) is 0.929. The molecular formula is C10H7F2NO3. The van der Waals surface area contributed by atoms with Crippen LogP contribution in [-0.4, -0.2) is 17.0 Å². The minimum atomic E-state index is -1.33. The number of hydrogen-bond donors (Lipinski definition) is 2. The van der Waals surface area contributed by atoms with Gasteiger partial charge in [-0.25, -0.2) is 13.6 Å². The molecule has 1 aromatic carbocycles. The zero-order valence-electron chi connectivity index (χ0n) is 7.91. The first-order valence-electron chi connectivity index (χ1n) is 4.16. The van der Waals surface area contributed by atoms with Gasteiger partial charge in [-0.05, 0) is 12.1 Å². The quantitative estimate of drug-likeness (QED) is 0.770. The maximum Gasteiger partial charge on any atom is 0.328 e. The first-order valence-corrected chi connectivity index (χ1v) is 4.16. The van der Waals surface area contributed by atoms with E-state index < -0.39 is 29.2 Å². The van der Waals surface area contributed by atoms with Crippen molar-refractivity contribution in [3.63, 3.8) is 0 Å². The number of hydrogen-bond acceptors (Lipinski definition) is 2.